The van der Waals surface area contributed by atoms with Crippen molar-refractivity contribution in [1.29, 1.82) is 0 Å². The van der Waals surface area contributed by atoms with Gasteiger partial charge in [0.25, 0.3) is 0 Å². The lowest BCUT2D eigenvalue weighted by atomic mass is 10.1. The van der Waals surface area contributed by atoms with Crippen molar-refractivity contribution in [2.75, 3.05) is 19.6 Å². The molecule has 2 fully saturated rings. The number of hydrogen-bond acceptors (Lipinski definition) is 2. The summed E-state index contributed by atoms with van der Waals surface area (Å²) in [7, 11) is 0. The van der Waals surface area contributed by atoms with Crippen molar-refractivity contribution in [2.45, 2.75) is 93.9 Å². The zero-order chi connectivity index (χ0) is 17.1. The second-order valence-corrected chi connectivity index (χ2v) is 6.22. The Kier molecular flexibility index (Phi) is 24.5. The first kappa shape index (κ1) is 25.9. The van der Waals surface area contributed by atoms with Gasteiger partial charge in [-0.3, -0.25) is 0 Å². The van der Waals surface area contributed by atoms with E-state index >= 15 is 0 Å². The van der Waals surface area contributed by atoms with Crippen LogP contribution in [0.1, 0.15) is 93.9 Å². The molecule has 21 heavy (non-hydrogen) atoms. The molecule has 1 aliphatic heterocycles. The largest absolute Gasteiger partial charge is 0.330 e. The Morgan fingerprint density at radius 3 is 1.48 bits per heavy atom. The molecule has 0 unspecified atom stereocenters. The van der Waals surface area contributed by atoms with Crippen molar-refractivity contribution >= 4 is 0 Å². The quantitative estimate of drug-likeness (QED) is 0.695. The highest BCUT2D eigenvalue weighted by Gasteiger charge is 2.44. The third kappa shape index (κ3) is 22.3. The second kappa shape index (κ2) is 19.9. The van der Waals surface area contributed by atoms with E-state index in [1.165, 1.54) is 45.2 Å². The fourth-order valence-electron chi connectivity index (χ4n) is 1.40. The zero-order valence-corrected chi connectivity index (χ0v) is 16.5. The van der Waals surface area contributed by atoms with Crippen molar-refractivity contribution in [3.8, 4) is 0 Å². The van der Waals surface area contributed by atoms with Crippen LogP contribution in [0.15, 0.2) is 0 Å². The highest BCUT2D eigenvalue weighted by molar-refractivity contribution is 4.98. The number of nitrogens with one attached hydrogen (secondary N) is 1. The first-order valence-electron chi connectivity index (χ1n) is 9.42. The molecule has 2 heteroatoms. The van der Waals surface area contributed by atoms with Crippen LogP contribution in [0.3, 0.4) is 0 Å². The van der Waals surface area contributed by atoms with Crippen LogP contribution in [-0.4, -0.2) is 19.6 Å². The van der Waals surface area contributed by atoms with Crippen LogP contribution in [-0.2, 0) is 0 Å². The Morgan fingerprint density at radius 1 is 1.00 bits per heavy atom. The van der Waals surface area contributed by atoms with E-state index in [-0.39, 0.29) is 0 Å². The first-order valence-corrected chi connectivity index (χ1v) is 9.42. The molecule has 0 aromatic carbocycles. The summed E-state index contributed by atoms with van der Waals surface area (Å²) < 4.78 is 0. The van der Waals surface area contributed by atoms with E-state index in [1.54, 1.807) is 0 Å². The molecule has 2 nitrogen and oxygen atoms in total. The molecule has 1 aliphatic carbocycles. The molecule has 0 aromatic heterocycles. The van der Waals surface area contributed by atoms with Crippen LogP contribution in [0.4, 0.5) is 0 Å². The van der Waals surface area contributed by atoms with Crippen molar-refractivity contribution in [3.05, 3.63) is 0 Å². The highest BCUT2D eigenvalue weighted by atomic mass is 14.9. The van der Waals surface area contributed by atoms with Gasteiger partial charge in [-0.25, -0.2) is 0 Å². The maximum absolute atomic E-state index is 5.03. The summed E-state index contributed by atoms with van der Waals surface area (Å²) in [5.41, 5.74) is 5.86. The van der Waals surface area contributed by atoms with Gasteiger partial charge in [0.05, 0.1) is 0 Å². The standard InChI is InChI=1S/C6H11N.C5H12.C3H9N.C3H8.C2H6/c1-2-6(1)3-4-7-5-6;1-4-5(2)3;1-2-3-4;1-3-2;1-2/h7H,1-5H2;5H,4H2,1-3H3;2-4H2,1H3;3H2,1-2H3;1-2H3. The third-order valence-corrected chi connectivity index (χ3v) is 3.39. The lowest BCUT2D eigenvalue weighted by Gasteiger charge is -1.96. The minimum Gasteiger partial charge on any atom is -0.330 e. The fraction of sp³-hybridized carbons (Fsp3) is 1.00. The summed E-state index contributed by atoms with van der Waals surface area (Å²) in [6, 6.07) is 0. The predicted molar refractivity (Wildman–Crippen MR) is 101 cm³/mol. The van der Waals surface area contributed by atoms with Gasteiger partial charge in [0, 0.05) is 6.54 Å². The van der Waals surface area contributed by atoms with Crippen molar-refractivity contribution in [3.63, 3.8) is 0 Å². The van der Waals surface area contributed by atoms with E-state index in [9.17, 15) is 0 Å². The van der Waals surface area contributed by atoms with Crippen molar-refractivity contribution in [1.82, 2.24) is 5.32 Å². The van der Waals surface area contributed by atoms with Crippen LogP contribution in [0.2, 0.25) is 0 Å². The number of nitrogens with two attached hydrogens (primary N) is 1. The summed E-state index contributed by atoms with van der Waals surface area (Å²) in [5.74, 6) is 0.884. The SMILES string of the molecule is C1CC2(CC2)CN1.CC.CCC.CCC(C)C.CCCN. The minimum atomic E-state index is 0.819. The smallest absolute Gasteiger partial charge is 0.000829 e. The van der Waals surface area contributed by atoms with Gasteiger partial charge in [-0.1, -0.05) is 68.2 Å². The van der Waals surface area contributed by atoms with E-state index in [4.69, 9.17) is 5.73 Å². The van der Waals surface area contributed by atoms with Crippen molar-refractivity contribution < 1.29 is 0 Å². The molecule has 0 aromatic rings. The predicted octanol–water partition coefficient (Wildman–Crippen LogP) is 5.61. The zero-order valence-electron chi connectivity index (χ0n) is 16.5. The lowest BCUT2D eigenvalue weighted by Crippen LogP contribution is -2.08. The molecule has 0 bridgehead atoms. The molecule has 0 amide bonds. The third-order valence-electron chi connectivity index (χ3n) is 3.39. The summed E-state index contributed by atoms with van der Waals surface area (Å²) in [4.78, 5) is 0. The molecule has 1 spiro atoms. The van der Waals surface area contributed by atoms with Crippen molar-refractivity contribution in [2.24, 2.45) is 17.1 Å². The van der Waals surface area contributed by atoms with Crippen LogP contribution in [0, 0.1) is 11.3 Å². The molecule has 1 heterocycles. The van der Waals surface area contributed by atoms with E-state index in [0.717, 1.165) is 24.3 Å². The van der Waals surface area contributed by atoms with E-state index in [1.807, 2.05) is 13.8 Å². The van der Waals surface area contributed by atoms with Crippen LogP contribution in [0.25, 0.3) is 0 Å². The monoisotopic (exact) mass is 302 g/mol. The Balaban J connectivity index is -0.000000209. The highest BCUT2D eigenvalue weighted by Crippen LogP contribution is 2.49. The molecular weight excluding hydrogens is 256 g/mol. The minimum absolute atomic E-state index is 0.819. The van der Waals surface area contributed by atoms with Gasteiger partial charge in [-0.15, -0.1) is 0 Å². The van der Waals surface area contributed by atoms with Gasteiger partial charge in [0.2, 0.25) is 0 Å². The molecule has 1 saturated carbocycles. The summed E-state index contributed by atoms with van der Waals surface area (Å²) in [5, 5.41) is 3.38. The van der Waals surface area contributed by atoms with Gasteiger partial charge >= 0.3 is 0 Å². The van der Waals surface area contributed by atoms with Gasteiger partial charge in [-0.2, -0.15) is 0 Å². The molecule has 1 saturated heterocycles. The first-order chi connectivity index (χ1) is 10.0. The van der Waals surface area contributed by atoms with E-state index in [2.05, 4.69) is 46.9 Å². The van der Waals surface area contributed by atoms with Crippen LogP contribution < -0.4 is 11.1 Å². The Labute approximate surface area is 136 Å². The lowest BCUT2D eigenvalue weighted by molar-refractivity contribution is 0.574. The molecule has 0 atom stereocenters. The Bertz CT molecular complexity index is 153. The van der Waals surface area contributed by atoms with Gasteiger partial charge in [0.15, 0.2) is 0 Å². The topological polar surface area (TPSA) is 38.0 Å². The molecule has 3 N–H and O–H groups in total. The maximum Gasteiger partial charge on any atom is 0.000829 e. The molecule has 0 radical (unpaired) electrons. The fourth-order valence-corrected chi connectivity index (χ4v) is 1.40. The molecular formula is C19H46N2. The molecule has 2 rings (SSSR count). The Morgan fingerprint density at radius 2 is 1.38 bits per heavy atom. The van der Waals surface area contributed by atoms with Gasteiger partial charge in [-0.05, 0) is 50.1 Å². The van der Waals surface area contributed by atoms with Crippen LogP contribution in [0.5, 0.6) is 0 Å². The Hall–Kier alpha value is -0.0800. The van der Waals surface area contributed by atoms with Gasteiger partial charge < -0.3 is 11.1 Å². The maximum atomic E-state index is 5.03. The van der Waals surface area contributed by atoms with E-state index in [0.29, 0.717) is 0 Å². The van der Waals surface area contributed by atoms with E-state index < -0.39 is 0 Å². The average Bonchev–Trinajstić information content (AvgIpc) is 3.10. The average molecular weight is 303 g/mol. The number of rotatable bonds is 2. The normalized spacial score (nSPS) is 16.3. The molecule has 2 aliphatic rings. The summed E-state index contributed by atoms with van der Waals surface area (Å²) in [6.45, 7) is 20.4. The summed E-state index contributed by atoms with van der Waals surface area (Å²) >= 11 is 0. The van der Waals surface area contributed by atoms with Gasteiger partial charge in [0.1, 0.15) is 0 Å². The second-order valence-electron chi connectivity index (χ2n) is 6.22. The molecule has 132 valence electrons. The number of hydrogen-bond donors (Lipinski definition) is 2. The summed E-state index contributed by atoms with van der Waals surface area (Å²) in [6.07, 6.45) is 8.10. The van der Waals surface area contributed by atoms with Crippen LogP contribution >= 0.6 is 0 Å².